The number of carbonyl (C=O) groups is 1. The minimum absolute atomic E-state index is 0.0142. The molecule has 0 aliphatic heterocycles. The average Bonchev–Trinajstić information content (AvgIpc) is 2.51. The van der Waals surface area contributed by atoms with Crippen molar-refractivity contribution in [3.05, 3.63) is 58.1 Å². The van der Waals surface area contributed by atoms with E-state index in [-0.39, 0.29) is 10.7 Å². The summed E-state index contributed by atoms with van der Waals surface area (Å²) in [4.78, 5) is 12.3. The number of aryl methyl sites for hydroxylation is 2. The number of carbonyl (C=O) groups excluding carboxylic acids is 1. The molecule has 1 N–H and O–H groups in total. The Bertz CT molecular complexity index is 790. The molecule has 1 amide bonds. The summed E-state index contributed by atoms with van der Waals surface area (Å²) in [6, 6.07) is 8.31. The molecule has 0 aromatic heterocycles. The second-order valence-corrected chi connectivity index (χ2v) is 6.12. The number of hydrogen-bond donors (Lipinski definition) is 1. The fraction of sp³-hybridized carbons (Fsp3) is 0.278. The maximum atomic E-state index is 12.8. The van der Waals surface area contributed by atoms with Crippen LogP contribution in [0.4, 0.5) is 18.9 Å². The van der Waals surface area contributed by atoms with E-state index in [4.69, 9.17) is 16.3 Å². The molecule has 2 rings (SSSR count). The Balaban J connectivity index is 2.15. The van der Waals surface area contributed by atoms with E-state index in [0.29, 0.717) is 5.75 Å². The number of benzene rings is 2. The van der Waals surface area contributed by atoms with Crippen LogP contribution in [0.2, 0.25) is 5.02 Å². The average molecular weight is 372 g/mol. The summed E-state index contributed by atoms with van der Waals surface area (Å²) in [7, 11) is 0. The summed E-state index contributed by atoms with van der Waals surface area (Å²) in [5.41, 5.74) is 0.810. The lowest BCUT2D eigenvalue weighted by atomic mass is 10.1. The summed E-state index contributed by atoms with van der Waals surface area (Å²) in [6.07, 6.45) is -5.43. The first-order valence-corrected chi connectivity index (χ1v) is 7.87. The van der Waals surface area contributed by atoms with Crippen molar-refractivity contribution in [2.45, 2.75) is 33.1 Å². The Hall–Kier alpha value is -2.21. The summed E-state index contributed by atoms with van der Waals surface area (Å²) in [5.74, 6) is -0.0556. The van der Waals surface area contributed by atoms with Crippen molar-refractivity contribution in [2.24, 2.45) is 0 Å². The van der Waals surface area contributed by atoms with Gasteiger partial charge in [-0.25, -0.2) is 0 Å². The van der Waals surface area contributed by atoms with Crippen molar-refractivity contribution in [1.29, 1.82) is 0 Å². The van der Waals surface area contributed by atoms with Gasteiger partial charge in [0.1, 0.15) is 5.75 Å². The Morgan fingerprint density at radius 2 is 1.84 bits per heavy atom. The molecule has 7 heteroatoms. The van der Waals surface area contributed by atoms with Gasteiger partial charge in [-0.3, -0.25) is 4.79 Å². The number of amides is 1. The van der Waals surface area contributed by atoms with Gasteiger partial charge in [0.2, 0.25) is 0 Å². The first kappa shape index (κ1) is 19.1. The molecule has 25 heavy (non-hydrogen) atoms. The molecule has 134 valence electrons. The lowest BCUT2D eigenvalue weighted by Crippen LogP contribution is -2.30. The predicted octanol–water partition coefficient (Wildman–Crippen LogP) is 5.38. The molecule has 0 bridgehead atoms. The monoisotopic (exact) mass is 371 g/mol. The minimum Gasteiger partial charge on any atom is -0.481 e. The highest BCUT2D eigenvalue weighted by molar-refractivity contribution is 6.33. The molecule has 2 aromatic carbocycles. The van der Waals surface area contributed by atoms with Crippen molar-refractivity contribution in [3.63, 3.8) is 0 Å². The number of hydrogen-bond acceptors (Lipinski definition) is 2. The number of alkyl halides is 3. The van der Waals surface area contributed by atoms with Gasteiger partial charge in [0.15, 0.2) is 6.10 Å². The Morgan fingerprint density at radius 3 is 2.48 bits per heavy atom. The van der Waals surface area contributed by atoms with E-state index in [0.717, 1.165) is 29.3 Å². The van der Waals surface area contributed by atoms with Crippen LogP contribution >= 0.6 is 11.6 Å². The molecule has 0 spiro atoms. The Labute approximate surface area is 148 Å². The van der Waals surface area contributed by atoms with Gasteiger partial charge in [-0.15, -0.1) is 0 Å². The molecule has 0 heterocycles. The Kier molecular flexibility index (Phi) is 5.62. The van der Waals surface area contributed by atoms with Crippen LogP contribution in [0, 0.1) is 13.8 Å². The number of ether oxygens (including phenoxy) is 1. The molecule has 0 aliphatic rings. The molecule has 0 fully saturated rings. The van der Waals surface area contributed by atoms with Crippen LogP contribution in [-0.4, -0.2) is 12.0 Å². The van der Waals surface area contributed by atoms with E-state index in [1.807, 2.05) is 26.0 Å². The van der Waals surface area contributed by atoms with Gasteiger partial charge >= 0.3 is 6.18 Å². The standard InChI is InChI=1S/C18H17ClF3NO2/c1-10-4-5-11(2)16(8-10)25-12(3)17(24)23-15-9-13(18(20,21)22)6-7-14(15)19/h4-9,12H,1-3H3,(H,23,24)/t12-/m1/s1. The largest absolute Gasteiger partial charge is 0.481 e. The molecule has 3 nitrogen and oxygen atoms in total. The van der Waals surface area contributed by atoms with Gasteiger partial charge in [-0.05, 0) is 56.2 Å². The van der Waals surface area contributed by atoms with Gasteiger partial charge in [-0.1, -0.05) is 23.7 Å². The molecule has 0 aliphatic carbocycles. The highest BCUT2D eigenvalue weighted by Gasteiger charge is 2.31. The van der Waals surface area contributed by atoms with E-state index in [2.05, 4.69) is 5.32 Å². The summed E-state index contributed by atoms with van der Waals surface area (Å²) >= 11 is 5.88. The highest BCUT2D eigenvalue weighted by atomic mass is 35.5. The third kappa shape index (κ3) is 4.89. The molecule has 0 saturated carbocycles. The highest BCUT2D eigenvalue weighted by Crippen LogP contribution is 2.34. The second kappa shape index (κ2) is 7.35. The second-order valence-electron chi connectivity index (χ2n) is 5.71. The molecule has 2 aromatic rings. The predicted molar refractivity (Wildman–Crippen MR) is 91.1 cm³/mol. The lowest BCUT2D eigenvalue weighted by Gasteiger charge is -2.18. The zero-order valence-corrected chi connectivity index (χ0v) is 14.6. The normalized spacial score (nSPS) is 12.6. The maximum Gasteiger partial charge on any atom is 0.416 e. The molecular formula is C18H17ClF3NO2. The first-order chi connectivity index (χ1) is 11.6. The van der Waals surface area contributed by atoms with Crippen LogP contribution in [0.5, 0.6) is 5.75 Å². The third-order valence-corrected chi connectivity index (χ3v) is 3.90. The van der Waals surface area contributed by atoms with Crippen molar-refractivity contribution in [2.75, 3.05) is 5.32 Å². The summed E-state index contributed by atoms with van der Waals surface area (Å²) in [6.45, 7) is 5.24. The fourth-order valence-corrected chi connectivity index (χ4v) is 2.27. The Morgan fingerprint density at radius 1 is 1.16 bits per heavy atom. The molecule has 1 atom stereocenters. The SMILES string of the molecule is Cc1ccc(C)c(O[C@H](C)C(=O)Nc2cc(C(F)(F)F)ccc2Cl)c1. The van der Waals surface area contributed by atoms with Crippen LogP contribution < -0.4 is 10.1 Å². The minimum atomic E-state index is -4.52. The summed E-state index contributed by atoms with van der Waals surface area (Å²) in [5, 5.41) is 2.40. The van der Waals surface area contributed by atoms with Crippen molar-refractivity contribution in [3.8, 4) is 5.75 Å². The maximum absolute atomic E-state index is 12.8. The number of anilines is 1. The summed E-state index contributed by atoms with van der Waals surface area (Å²) < 4.78 is 44.0. The van der Waals surface area contributed by atoms with E-state index < -0.39 is 23.8 Å². The van der Waals surface area contributed by atoms with E-state index in [9.17, 15) is 18.0 Å². The van der Waals surface area contributed by atoms with Gasteiger partial charge in [0.25, 0.3) is 5.91 Å². The molecule has 0 unspecified atom stereocenters. The van der Waals surface area contributed by atoms with E-state index in [1.54, 1.807) is 6.07 Å². The van der Waals surface area contributed by atoms with Crippen LogP contribution in [0.25, 0.3) is 0 Å². The smallest absolute Gasteiger partial charge is 0.416 e. The first-order valence-electron chi connectivity index (χ1n) is 7.49. The lowest BCUT2D eigenvalue weighted by molar-refractivity contribution is -0.137. The molecule has 0 radical (unpaired) electrons. The van der Waals surface area contributed by atoms with E-state index >= 15 is 0 Å². The van der Waals surface area contributed by atoms with Crippen LogP contribution in [0.3, 0.4) is 0 Å². The zero-order chi connectivity index (χ0) is 18.8. The zero-order valence-electron chi connectivity index (χ0n) is 13.9. The van der Waals surface area contributed by atoms with Crippen LogP contribution in [0.1, 0.15) is 23.6 Å². The van der Waals surface area contributed by atoms with E-state index in [1.165, 1.54) is 6.92 Å². The van der Waals surface area contributed by atoms with Gasteiger partial charge in [0, 0.05) is 0 Å². The van der Waals surface area contributed by atoms with Crippen LogP contribution in [0.15, 0.2) is 36.4 Å². The number of nitrogens with one attached hydrogen (secondary N) is 1. The topological polar surface area (TPSA) is 38.3 Å². The fourth-order valence-electron chi connectivity index (χ4n) is 2.11. The molecular weight excluding hydrogens is 355 g/mol. The van der Waals surface area contributed by atoms with Crippen molar-refractivity contribution in [1.82, 2.24) is 0 Å². The number of halogens is 4. The third-order valence-electron chi connectivity index (χ3n) is 3.57. The van der Waals surface area contributed by atoms with Gasteiger partial charge in [-0.2, -0.15) is 13.2 Å². The van der Waals surface area contributed by atoms with Gasteiger partial charge < -0.3 is 10.1 Å². The van der Waals surface area contributed by atoms with Crippen molar-refractivity contribution < 1.29 is 22.7 Å². The van der Waals surface area contributed by atoms with Crippen LogP contribution in [-0.2, 0) is 11.0 Å². The van der Waals surface area contributed by atoms with Crippen molar-refractivity contribution >= 4 is 23.2 Å². The van der Waals surface area contributed by atoms with Gasteiger partial charge in [0.05, 0.1) is 16.3 Å². The quantitative estimate of drug-likeness (QED) is 0.783. The molecule has 0 saturated heterocycles. The number of rotatable bonds is 4.